The number of urea groups is 1. The SMILES string of the molecule is CCC(C)[C@H](NC(=O)N1CCC(N)CC1)C(=O)O. The number of carboxylic acids is 1. The Balaban J connectivity index is 2.53. The van der Waals surface area contributed by atoms with Gasteiger partial charge >= 0.3 is 12.0 Å². The number of carbonyl (C=O) groups is 2. The van der Waals surface area contributed by atoms with Crippen LogP contribution in [0.25, 0.3) is 0 Å². The Bertz CT molecular complexity index is 301. The fourth-order valence-electron chi connectivity index (χ4n) is 2.01. The van der Waals surface area contributed by atoms with Crippen molar-refractivity contribution >= 4 is 12.0 Å². The largest absolute Gasteiger partial charge is 0.480 e. The average molecular weight is 257 g/mol. The summed E-state index contributed by atoms with van der Waals surface area (Å²) in [5.74, 6) is -1.06. The molecule has 0 spiro atoms. The van der Waals surface area contributed by atoms with Crippen LogP contribution in [0.4, 0.5) is 4.79 Å². The van der Waals surface area contributed by atoms with E-state index < -0.39 is 12.0 Å². The molecule has 1 fully saturated rings. The Morgan fingerprint density at radius 1 is 1.44 bits per heavy atom. The zero-order valence-electron chi connectivity index (χ0n) is 11.1. The van der Waals surface area contributed by atoms with E-state index >= 15 is 0 Å². The van der Waals surface area contributed by atoms with Gasteiger partial charge in [-0.25, -0.2) is 9.59 Å². The van der Waals surface area contributed by atoms with Crippen LogP contribution in [-0.4, -0.2) is 47.2 Å². The van der Waals surface area contributed by atoms with E-state index in [1.807, 2.05) is 13.8 Å². The van der Waals surface area contributed by atoms with Gasteiger partial charge < -0.3 is 21.1 Å². The highest BCUT2D eigenvalue weighted by Crippen LogP contribution is 2.11. The van der Waals surface area contributed by atoms with Crippen molar-refractivity contribution in [1.82, 2.24) is 10.2 Å². The summed E-state index contributed by atoms with van der Waals surface area (Å²) < 4.78 is 0. The number of amides is 2. The Labute approximate surface area is 108 Å². The zero-order valence-corrected chi connectivity index (χ0v) is 11.1. The highest BCUT2D eigenvalue weighted by Gasteiger charge is 2.28. The van der Waals surface area contributed by atoms with Crippen LogP contribution in [0.2, 0.25) is 0 Å². The number of carboxylic acid groups (broad SMARTS) is 1. The van der Waals surface area contributed by atoms with Crippen LogP contribution in [0.5, 0.6) is 0 Å². The third-order valence-corrected chi connectivity index (χ3v) is 3.58. The Kier molecular flexibility index (Phi) is 5.40. The molecule has 104 valence electrons. The normalized spacial score (nSPS) is 20.3. The van der Waals surface area contributed by atoms with Gasteiger partial charge in [-0.2, -0.15) is 0 Å². The summed E-state index contributed by atoms with van der Waals surface area (Å²) in [7, 11) is 0. The van der Waals surface area contributed by atoms with E-state index in [1.165, 1.54) is 0 Å². The fourth-order valence-corrected chi connectivity index (χ4v) is 2.01. The summed E-state index contributed by atoms with van der Waals surface area (Å²) in [4.78, 5) is 24.7. The van der Waals surface area contributed by atoms with Crippen LogP contribution in [0, 0.1) is 5.92 Å². The quantitative estimate of drug-likeness (QED) is 0.688. The van der Waals surface area contributed by atoms with Crippen LogP contribution in [0.1, 0.15) is 33.1 Å². The van der Waals surface area contributed by atoms with Gasteiger partial charge in [0.25, 0.3) is 0 Å². The second-order valence-electron chi connectivity index (χ2n) is 4.98. The van der Waals surface area contributed by atoms with Gasteiger partial charge in [0.1, 0.15) is 6.04 Å². The number of nitrogens with one attached hydrogen (secondary N) is 1. The molecular weight excluding hydrogens is 234 g/mol. The number of likely N-dealkylation sites (tertiary alicyclic amines) is 1. The predicted molar refractivity (Wildman–Crippen MR) is 68.2 cm³/mol. The van der Waals surface area contributed by atoms with Gasteiger partial charge in [0.05, 0.1) is 0 Å². The van der Waals surface area contributed by atoms with Gasteiger partial charge in [0, 0.05) is 19.1 Å². The molecule has 2 atom stereocenters. The van der Waals surface area contributed by atoms with Crippen LogP contribution in [0.15, 0.2) is 0 Å². The molecule has 0 saturated carbocycles. The summed E-state index contributed by atoms with van der Waals surface area (Å²) in [6.07, 6.45) is 2.26. The first-order valence-corrected chi connectivity index (χ1v) is 6.49. The first kappa shape index (κ1) is 14.8. The van der Waals surface area contributed by atoms with Crippen LogP contribution in [-0.2, 0) is 4.79 Å². The zero-order chi connectivity index (χ0) is 13.7. The van der Waals surface area contributed by atoms with Crippen molar-refractivity contribution in [2.24, 2.45) is 11.7 Å². The molecule has 4 N–H and O–H groups in total. The molecule has 1 unspecified atom stereocenters. The summed E-state index contributed by atoms with van der Waals surface area (Å²) in [5.41, 5.74) is 5.76. The number of hydrogen-bond donors (Lipinski definition) is 3. The predicted octanol–water partition coefficient (Wildman–Crippen LogP) is 0.618. The maximum atomic E-state index is 12.0. The molecule has 1 heterocycles. The molecule has 0 aromatic heterocycles. The van der Waals surface area contributed by atoms with E-state index in [1.54, 1.807) is 4.90 Å². The van der Waals surface area contributed by atoms with E-state index in [9.17, 15) is 9.59 Å². The smallest absolute Gasteiger partial charge is 0.326 e. The monoisotopic (exact) mass is 257 g/mol. The van der Waals surface area contributed by atoms with Gasteiger partial charge in [-0.3, -0.25) is 0 Å². The molecular formula is C12H23N3O3. The molecule has 1 saturated heterocycles. The first-order valence-electron chi connectivity index (χ1n) is 6.49. The molecule has 0 aromatic rings. The topological polar surface area (TPSA) is 95.7 Å². The van der Waals surface area contributed by atoms with E-state index in [0.29, 0.717) is 19.5 Å². The van der Waals surface area contributed by atoms with Crippen molar-refractivity contribution in [3.05, 3.63) is 0 Å². The highest BCUT2D eigenvalue weighted by molar-refractivity contribution is 5.82. The molecule has 1 aliphatic heterocycles. The number of hydrogen-bond acceptors (Lipinski definition) is 3. The lowest BCUT2D eigenvalue weighted by Gasteiger charge is -2.32. The number of rotatable bonds is 4. The number of aliphatic carboxylic acids is 1. The number of piperidine rings is 1. The van der Waals surface area contributed by atoms with E-state index in [0.717, 1.165) is 12.8 Å². The van der Waals surface area contributed by atoms with Crippen molar-refractivity contribution in [3.8, 4) is 0 Å². The van der Waals surface area contributed by atoms with Crippen LogP contribution >= 0.6 is 0 Å². The van der Waals surface area contributed by atoms with E-state index in [2.05, 4.69) is 5.32 Å². The van der Waals surface area contributed by atoms with Crippen molar-refractivity contribution in [1.29, 1.82) is 0 Å². The average Bonchev–Trinajstić information content (AvgIpc) is 2.35. The second kappa shape index (κ2) is 6.58. The number of carbonyl (C=O) groups excluding carboxylic acids is 1. The Morgan fingerprint density at radius 3 is 2.44 bits per heavy atom. The standard InChI is InChI=1S/C12H23N3O3/c1-3-8(2)10(11(16)17)14-12(18)15-6-4-9(13)5-7-15/h8-10H,3-7,13H2,1-2H3,(H,14,18)(H,16,17)/t8?,10-/m0/s1. The summed E-state index contributed by atoms with van der Waals surface area (Å²) in [6.45, 7) is 4.93. The lowest BCUT2D eigenvalue weighted by atomic mass is 9.99. The van der Waals surface area contributed by atoms with Crippen molar-refractivity contribution in [3.63, 3.8) is 0 Å². The second-order valence-corrected chi connectivity index (χ2v) is 4.98. The van der Waals surface area contributed by atoms with Gasteiger partial charge in [-0.1, -0.05) is 20.3 Å². The lowest BCUT2D eigenvalue weighted by molar-refractivity contribution is -0.140. The van der Waals surface area contributed by atoms with E-state index in [-0.39, 0.29) is 18.0 Å². The molecule has 1 aliphatic rings. The van der Waals surface area contributed by atoms with Crippen molar-refractivity contribution < 1.29 is 14.7 Å². The fraction of sp³-hybridized carbons (Fsp3) is 0.833. The molecule has 6 heteroatoms. The summed E-state index contributed by atoms with van der Waals surface area (Å²) in [5, 5.41) is 11.7. The maximum absolute atomic E-state index is 12.0. The van der Waals surface area contributed by atoms with E-state index in [4.69, 9.17) is 10.8 Å². The molecule has 18 heavy (non-hydrogen) atoms. The van der Waals surface area contributed by atoms with Gasteiger partial charge in [0.2, 0.25) is 0 Å². The molecule has 2 amide bonds. The molecule has 0 radical (unpaired) electrons. The van der Waals surface area contributed by atoms with Crippen LogP contribution < -0.4 is 11.1 Å². The molecule has 1 rings (SSSR count). The van der Waals surface area contributed by atoms with Gasteiger partial charge in [-0.15, -0.1) is 0 Å². The van der Waals surface area contributed by atoms with Crippen molar-refractivity contribution in [2.75, 3.05) is 13.1 Å². The Hall–Kier alpha value is -1.30. The minimum atomic E-state index is -0.980. The molecule has 0 aliphatic carbocycles. The molecule has 6 nitrogen and oxygen atoms in total. The highest BCUT2D eigenvalue weighted by atomic mass is 16.4. The minimum Gasteiger partial charge on any atom is -0.480 e. The molecule has 0 bridgehead atoms. The summed E-state index contributed by atoms with van der Waals surface area (Å²) >= 11 is 0. The first-order chi connectivity index (χ1) is 8.45. The third-order valence-electron chi connectivity index (χ3n) is 3.58. The third kappa shape index (κ3) is 3.87. The van der Waals surface area contributed by atoms with Crippen LogP contribution in [0.3, 0.4) is 0 Å². The van der Waals surface area contributed by atoms with Gasteiger partial charge in [-0.05, 0) is 18.8 Å². The minimum absolute atomic E-state index is 0.0847. The summed E-state index contributed by atoms with van der Waals surface area (Å²) in [6, 6.07) is -0.966. The van der Waals surface area contributed by atoms with Gasteiger partial charge in [0.15, 0.2) is 0 Å². The number of nitrogens with two attached hydrogens (primary N) is 1. The maximum Gasteiger partial charge on any atom is 0.326 e. The lowest BCUT2D eigenvalue weighted by Crippen LogP contribution is -2.53. The van der Waals surface area contributed by atoms with Crippen molar-refractivity contribution in [2.45, 2.75) is 45.2 Å². The Morgan fingerprint density at radius 2 is 2.00 bits per heavy atom. The number of nitrogens with zero attached hydrogens (tertiary/aromatic N) is 1. The molecule has 0 aromatic carbocycles.